The smallest absolute Gasteiger partial charge is 0.231 e. The van der Waals surface area contributed by atoms with Crippen LogP contribution in [0.5, 0.6) is 11.5 Å². The fraction of sp³-hybridized carbons (Fsp3) is 0.188. The molecule has 4 nitrogen and oxygen atoms in total. The largest absolute Gasteiger partial charge is 0.454 e. The number of halogens is 1. The van der Waals surface area contributed by atoms with Crippen molar-refractivity contribution in [1.82, 2.24) is 0 Å². The van der Waals surface area contributed by atoms with Crippen molar-refractivity contribution in [3.05, 3.63) is 48.3 Å². The first-order valence-corrected chi connectivity index (χ1v) is 7.77. The van der Waals surface area contributed by atoms with Crippen LogP contribution in [0.25, 0.3) is 0 Å². The average Bonchev–Trinajstić information content (AvgIpc) is 2.97. The van der Waals surface area contributed by atoms with Gasteiger partial charge in [0, 0.05) is 28.8 Å². The summed E-state index contributed by atoms with van der Waals surface area (Å²) in [7, 11) is 0. The average molecular weight is 319 g/mol. The molecule has 1 aliphatic heterocycles. The summed E-state index contributed by atoms with van der Waals surface area (Å²) in [5.74, 6) is 1.61. The second kappa shape index (κ2) is 6.70. The Morgan fingerprint density at radius 1 is 1.14 bits per heavy atom. The number of fused-ring (bicyclic) bond motifs is 1. The molecule has 0 saturated heterocycles. The van der Waals surface area contributed by atoms with Crippen molar-refractivity contribution < 1.29 is 18.7 Å². The Hall–Kier alpha value is -2.21. The quantitative estimate of drug-likeness (QED) is 0.854. The van der Waals surface area contributed by atoms with Crippen molar-refractivity contribution >= 4 is 23.4 Å². The second-order valence-corrected chi connectivity index (χ2v) is 5.84. The third-order valence-corrected chi connectivity index (χ3v) is 4.08. The van der Waals surface area contributed by atoms with Crippen molar-refractivity contribution in [2.75, 3.05) is 17.9 Å². The highest BCUT2D eigenvalue weighted by atomic mass is 32.2. The zero-order valence-electron chi connectivity index (χ0n) is 11.7. The van der Waals surface area contributed by atoms with Crippen molar-refractivity contribution in [2.45, 2.75) is 11.3 Å². The van der Waals surface area contributed by atoms with Gasteiger partial charge in [-0.3, -0.25) is 4.79 Å². The Balaban J connectivity index is 1.47. The zero-order valence-corrected chi connectivity index (χ0v) is 12.5. The Labute approximate surface area is 131 Å². The number of ether oxygens (including phenoxy) is 2. The second-order valence-electron chi connectivity index (χ2n) is 4.67. The first-order chi connectivity index (χ1) is 10.7. The number of amides is 1. The van der Waals surface area contributed by atoms with Gasteiger partial charge in [0.05, 0.1) is 0 Å². The molecule has 0 aliphatic carbocycles. The van der Waals surface area contributed by atoms with Crippen LogP contribution in [-0.4, -0.2) is 18.5 Å². The molecule has 0 saturated carbocycles. The molecule has 0 bridgehead atoms. The van der Waals surface area contributed by atoms with Crippen LogP contribution in [0.2, 0.25) is 0 Å². The summed E-state index contributed by atoms with van der Waals surface area (Å²) in [5, 5.41) is 2.82. The Morgan fingerprint density at radius 2 is 1.91 bits per heavy atom. The van der Waals surface area contributed by atoms with Gasteiger partial charge in [0.1, 0.15) is 5.82 Å². The minimum atomic E-state index is -0.259. The van der Waals surface area contributed by atoms with E-state index < -0.39 is 0 Å². The van der Waals surface area contributed by atoms with Crippen LogP contribution in [0.4, 0.5) is 10.1 Å². The van der Waals surface area contributed by atoms with Crippen LogP contribution < -0.4 is 14.8 Å². The lowest BCUT2D eigenvalue weighted by molar-refractivity contribution is -0.115. The van der Waals surface area contributed by atoms with Gasteiger partial charge in [-0.1, -0.05) is 0 Å². The van der Waals surface area contributed by atoms with Gasteiger partial charge in [-0.15, -0.1) is 11.8 Å². The number of thioether (sulfide) groups is 1. The number of hydrogen-bond donors (Lipinski definition) is 1. The third kappa shape index (κ3) is 3.71. The predicted molar refractivity (Wildman–Crippen MR) is 82.9 cm³/mol. The molecule has 1 heterocycles. The molecular formula is C16H14FNO3S. The molecule has 1 N–H and O–H groups in total. The van der Waals surface area contributed by atoms with E-state index >= 15 is 0 Å². The summed E-state index contributed by atoms with van der Waals surface area (Å²) in [6, 6.07) is 11.5. The number of rotatable bonds is 5. The van der Waals surface area contributed by atoms with E-state index in [0.717, 1.165) is 4.90 Å². The molecule has 0 atom stereocenters. The number of carbonyl (C=O) groups excluding carboxylic acids is 1. The van der Waals surface area contributed by atoms with E-state index in [1.54, 1.807) is 30.3 Å². The molecular weight excluding hydrogens is 305 g/mol. The van der Waals surface area contributed by atoms with E-state index in [1.165, 1.54) is 23.9 Å². The van der Waals surface area contributed by atoms with Gasteiger partial charge in [0.15, 0.2) is 11.5 Å². The monoisotopic (exact) mass is 319 g/mol. The summed E-state index contributed by atoms with van der Waals surface area (Å²) < 4.78 is 23.3. The predicted octanol–water partition coefficient (Wildman–Crippen LogP) is 3.68. The van der Waals surface area contributed by atoms with Gasteiger partial charge >= 0.3 is 0 Å². The number of nitrogens with one attached hydrogen (secondary N) is 1. The van der Waals surface area contributed by atoms with Crippen LogP contribution in [0.1, 0.15) is 6.42 Å². The zero-order chi connectivity index (χ0) is 15.4. The highest BCUT2D eigenvalue weighted by Crippen LogP contribution is 2.34. The van der Waals surface area contributed by atoms with Crippen LogP contribution in [0.15, 0.2) is 47.4 Å². The van der Waals surface area contributed by atoms with Gasteiger partial charge in [-0.25, -0.2) is 4.39 Å². The number of carbonyl (C=O) groups is 1. The van der Waals surface area contributed by atoms with Gasteiger partial charge in [-0.2, -0.15) is 0 Å². The van der Waals surface area contributed by atoms with Crippen LogP contribution in [0.3, 0.4) is 0 Å². The minimum absolute atomic E-state index is 0.0755. The van der Waals surface area contributed by atoms with Crippen LogP contribution in [-0.2, 0) is 4.79 Å². The Bertz CT molecular complexity index is 676. The summed E-state index contributed by atoms with van der Waals surface area (Å²) in [5.41, 5.74) is 0.682. The molecule has 0 aromatic heterocycles. The lowest BCUT2D eigenvalue weighted by Gasteiger charge is -2.06. The molecule has 2 aromatic rings. The number of anilines is 1. The van der Waals surface area contributed by atoms with E-state index in [-0.39, 0.29) is 18.5 Å². The lowest BCUT2D eigenvalue weighted by Crippen LogP contribution is -2.12. The van der Waals surface area contributed by atoms with E-state index in [4.69, 9.17) is 9.47 Å². The fourth-order valence-electron chi connectivity index (χ4n) is 1.99. The van der Waals surface area contributed by atoms with Crippen LogP contribution >= 0.6 is 11.8 Å². The van der Waals surface area contributed by atoms with Crippen molar-refractivity contribution in [3.8, 4) is 11.5 Å². The van der Waals surface area contributed by atoms with Gasteiger partial charge in [0.25, 0.3) is 0 Å². The maximum absolute atomic E-state index is 12.8. The van der Waals surface area contributed by atoms with Gasteiger partial charge < -0.3 is 14.8 Å². The van der Waals surface area contributed by atoms with E-state index in [0.29, 0.717) is 29.4 Å². The van der Waals surface area contributed by atoms with Crippen molar-refractivity contribution in [2.24, 2.45) is 0 Å². The van der Waals surface area contributed by atoms with Crippen molar-refractivity contribution in [3.63, 3.8) is 0 Å². The molecule has 2 aromatic carbocycles. The Morgan fingerprint density at radius 3 is 2.73 bits per heavy atom. The fourth-order valence-corrected chi connectivity index (χ4v) is 2.84. The maximum Gasteiger partial charge on any atom is 0.231 e. The van der Waals surface area contributed by atoms with E-state index in [1.807, 2.05) is 0 Å². The summed E-state index contributed by atoms with van der Waals surface area (Å²) in [4.78, 5) is 12.8. The molecule has 3 rings (SSSR count). The standard InChI is InChI=1S/C16H14FNO3S/c17-11-1-4-13(5-2-11)22-8-7-16(19)18-12-3-6-14-15(9-12)21-10-20-14/h1-6,9H,7-8,10H2,(H,18,19). The Kier molecular flexibility index (Phi) is 4.48. The van der Waals surface area contributed by atoms with Crippen LogP contribution in [0, 0.1) is 5.82 Å². The normalized spacial score (nSPS) is 12.2. The SMILES string of the molecule is O=C(CCSc1ccc(F)cc1)Nc1ccc2c(c1)OCO2. The van der Waals surface area contributed by atoms with Crippen molar-refractivity contribution in [1.29, 1.82) is 0 Å². The first-order valence-electron chi connectivity index (χ1n) is 6.78. The molecule has 114 valence electrons. The molecule has 0 radical (unpaired) electrons. The molecule has 0 unspecified atom stereocenters. The van der Waals surface area contributed by atoms with E-state index in [9.17, 15) is 9.18 Å². The number of benzene rings is 2. The first kappa shape index (κ1) is 14.7. The third-order valence-electron chi connectivity index (χ3n) is 3.07. The minimum Gasteiger partial charge on any atom is -0.454 e. The summed E-state index contributed by atoms with van der Waals surface area (Å²) in [6.07, 6.45) is 0.372. The highest BCUT2D eigenvalue weighted by molar-refractivity contribution is 7.99. The molecule has 6 heteroatoms. The molecule has 0 spiro atoms. The molecule has 22 heavy (non-hydrogen) atoms. The molecule has 1 amide bonds. The summed E-state index contributed by atoms with van der Waals surface area (Å²) >= 11 is 1.52. The summed E-state index contributed by atoms with van der Waals surface area (Å²) in [6.45, 7) is 0.209. The maximum atomic E-state index is 12.8. The van der Waals surface area contributed by atoms with Gasteiger partial charge in [0.2, 0.25) is 12.7 Å². The van der Waals surface area contributed by atoms with E-state index in [2.05, 4.69) is 5.32 Å². The molecule has 1 aliphatic rings. The highest BCUT2D eigenvalue weighted by Gasteiger charge is 2.14. The lowest BCUT2D eigenvalue weighted by atomic mass is 10.2. The van der Waals surface area contributed by atoms with Gasteiger partial charge in [-0.05, 0) is 36.4 Å². The molecule has 0 fully saturated rings. The topological polar surface area (TPSA) is 47.6 Å². The number of hydrogen-bond acceptors (Lipinski definition) is 4.